The van der Waals surface area contributed by atoms with Gasteiger partial charge in [0.25, 0.3) is 5.91 Å². The van der Waals surface area contributed by atoms with Crippen molar-refractivity contribution in [2.45, 2.75) is 31.7 Å². The summed E-state index contributed by atoms with van der Waals surface area (Å²) in [6, 6.07) is 5.70. The summed E-state index contributed by atoms with van der Waals surface area (Å²) >= 11 is 0. The van der Waals surface area contributed by atoms with Gasteiger partial charge in [-0.3, -0.25) is 4.79 Å². The molecule has 0 radical (unpaired) electrons. The molecule has 4 heteroatoms. The summed E-state index contributed by atoms with van der Waals surface area (Å²) < 4.78 is 0. The Morgan fingerprint density at radius 2 is 2.11 bits per heavy atom. The van der Waals surface area contributed by atoms with Crippen molar-refractivity contribution in [3.05, 3.63) is 23.8 Å². The smallest absolute Gasteiger partial charge is 0.250 e. The molecule has 3 unspecified atom stereocenters. The van der Waals surface area contributed by atoms with Crippen LogP contribution in [0.4, 0.5) is 11.4 Å². The molecular weight excluding hydrogens is 226 g/mol. The fraction of sp³-hybridized carbons (Fsp3) is 0.500. The molecule has 2 aliphatic rings. The lowest BCUT2D eigenvalue weighted by atomic mass is 9.95. The molecule has 3 rings (SSSR count). The molecule has 1 aromatic rings. The molecule has 1 amide bonds. The lowest BCUT2D eigenvalue weighted by Crippen LogP contribution is -2.27. The van der Waals surface area contributed by atoms with Crippen LogP contribution >= 0.6 is 0 Å². The summed E-state index contributed by atoms with van der Waals surface area (Å²) in [5.74, 6) is 1.21. The zero-order valence-corrected chi connectivity index (χ0v) is 10.4. The van der Waals surface area contributed by atoms with Gasteiger partial charge in [0.05, 0.1) is 5.56 Å². The first-order chi connectivity index (χ1) is 8.63. The zero-order chi connectivity index (χ0) is 12.7. The van der Waals surface area contributed by atoms with Crippen molar-refractivity contribution < 1.29 is 4.79 Å². The number of amides is 1. The Kier molecular flexibility index (Phi) is 2.65. The minimum Gasteiger partial charge on any atom is -0.399 e. The number of rotatable bonds is 3. The molecule has 18 heavy (non-hydrogen) atoms. The van der Waals surface area contributed by atoms with Gasteiger partial charge in [0, 0.05) is 17.4 Å². The van der Waals surface area contributed by atoms with E-state index >= 15 is 0 Å². The highest BCUT2D eigenvalue weighted by molar-refractivity contribution is 5.99. The number of primary amides is 1. The van der Waals surface area contributed by atoms with Gasteiger partial charge in [-0.1, -0.05) is 6.42 Å². The van der Waals surface area contributed by atoms with Crippen LogP contribution in [0.5, 0.6) is 0 Å². The molecule has 3 atom stereocenters. The summed E-state index contributed by atoms with van der Waals surface area (Å²) in [6.45, 7) is 0. The number of hydrogen-bond acceptors (Lipinski definition) is 3. The SMILES string of the molecule is NC(=O)c1ccc(N)cc1NC1CC2CCC1C2. The predicted molar refractivity (Wildman–Crippen MR) is 72.2 cm³/mol. The van der Waals surface area contributed by atoms with E-state index in [1.165, 1.54) is 25.7 Å². The molecule has 2 saturated carbocycles. The summed E-state index contributed by atoms with van der Waals surface area (Å²) in [4.78, 5) is 11.4. The maximum atomic E-state index is 11.4. The van der Waals surface area contributed by atoms with Crippen LogP contribution in [0.1, 0.15) is 36.0 Å². The fourth-order valence-electron chi connectivity index (χ4n) is 3.52. The predicted octanol–water partition coefficient (Wildman–Crippen LogP) is 1.97. The third kappa shape index (κ3) is 1.92. The van der Waals surface area contributed by atoms with E-state index in [1.54, 1.807) is 12.1 Å². The summed E-state index contributed by atoms with van der Waals surface area (Å²) in [6.07, 6.45) is 5.20. The Morgan fingerprint density at radius 1 is 1.28 bits per heavy atom. The van der Waals surface area contributed by atoms with Crippen molar-refractivity contribution in [1.29, 1.82) is 0 Å². The molecule has 0 aromatic heterocycles. The van der Waals surface area contributed by atoms with E-state index in [9.17, 15) is 4.79 Å². The Hall–Kier alpha value is -1.71. The van der Waals surface area contributed by atoms with Gasteiger partial charge in [-0.2, -0.15) is 0 Å². The number of fused-ring (bicyclic) bond motifs is 2. The van der Waals surface area contributed by atoms with Crippen LogP contribution in [0.15, 0.2) is 18.2 Å². The molecule has 0 saturated heterocycles. The standard InChI is InChI=1S/C14H19N3O/c15-10-3-4-11(14(16)18)13(7-10)17-12-6-8-1-2-9(12)5-8/h3-4,7-9,12,17H,1-2,5-6,15H2,(H2,16,18). The Bertz CT molecular complexity index is 486. The normalized spacial score (nSPS) is 29.4. The summed E-state index contributed by atoms with van der Waals surface area (Å²) in [5.41, 5.74) is 13.2. The molecule has 2 bridgehead atoms. The Morgan fingerprint density at radius 3 is 2.72 bits per heavy atom. The highest BCUT2D eigenvalue weighted by Crippen LogP contribution is 2.45. The second kappa shape index (κ2) is 4.19. The van der Waals surface area contributed by atoms with Gasteiger partial charge in [0.1, 0.15) is 0 Å². The van der Waals surface area contributed by atoms with Gasteiger partial charge < -0.3 is 16.8 Å². The van der Waals surface area contributed by atoms with E-state index < -0.39 is 5.91 Å². The van der Waals surface area contributed by atoms with Gasteiger partial charge in [-0.05, 0) is 49.3 Å². The number of carbonyl (C=O) groups excluding carboxylic acids is 1. The van der Waals surface area contributed by atoms with Crippen molar-refractivity contribution in [2.75, 3.05) is 11.1 Å². The number of anilines is 2. The van der Waals surface area contributed by atoms with Crippen LogP contribution in [-0.4, -0.2) is 11.9 Å². The second-order valence-corrected chi connectivity index (χ2v) is 5.59. The van der Waals surface area contributed by atoms with E-state index in [2.05, 4.69) is 5.32 Å². The fourth-order valence-corrected chi connectivity index (χ4v) is 3.52. The average molecular weight is 245 g/mol. The molecule has 1 aromatic carbocycles. The zero-order valence-electron chi connectivity index (χ0n) is 10.4. The van der Waals surface area contributed by atoms with E-state index in [0.29, 0.717) is 17.3 Å². The van der Waals surface area contributed by atoms with Gasteiger partial charge in [-0.25, -0.2) is 0 Å². The van der Waals surface area contributed by atoms with Crippen LogP contribution in [-0.2, 0) is 0 Å². The highest BCUT2D eigenvalue weighted by atomic mass is 16.1. The first-order valence-electron chi connectivity index (χ1n) is 6.59. The molecular formula is C14H19N3O. The highest BCUT2D eigenvalue weighted by Gasteiger charge is 2.39. The van der Waals surface area contributed by atoms with Crippen LogP contribution < -0.4 is 16.8 Å². The third-order valence-electron chi connectivity index (χ3n) is 4.39. The van der Waals surface area contributed by atoms with Gasteiger partial charge in [0.15, 0.2) is 0 Å². The molecule has 4 nitrogen and oxygen atoms in total. The summed E-state index contributed by atoms with van der Waals surface area (Å²) in [7, 11) is 0. The maximum absolute atomic E-state index is 11.4. The number of hydrogen-bond donors (Lipinski definition) is 3. The Labute approximate surface area is 107 Å². The molecule has 96 valence electrons. The molecule has 2 aliphatic carbocycles. The molecule has 0 heterocycles. The first kappa shape index (κ1) is 11.4. The second-order valence-electron chi connectivity index (χ2n) is 5.59. The van der Waals surface area contributed by atoms with Crippen LogP contribution in [0.3, 0.4) is 0 Å². The Balaban J connectivity index is 1.83. The lowest BCUT2D eigenvalue weighted by molar-refractivity contribution is 0.100. The maximum Gasteiger partial charge on any atom is 0.250 e. The van der Waals surface area contributed by atoms with Crippen LogP contribution in [0.2, 0.25) is 0 Å². The van der Waals surface area contributed by atoms with Crippen molar-refractivity contribution in [2.24, 2.45) is 17.6 Å². The van der Waals surface area contributed by atoms with E-state index in [-0.39, 0.29) is 0 Å². The largest absolute Gasteiger partial charge is 0.399 e. The van der Waals surface area contributed by atoms with Crippen LogP contribution in [0.25, 0.3) is 0 Å². The minimum absolute atomic E-state index is 0.402. The molecule has 2 fully saturated rings. The summed E-state index contributed by atoms with van der Waals surface area (Å²) in [5, 5.41) is 3.48. The third-order valence-corrected chi connectivity index (χ3v) is 4.39. The van der Waals surface area contributed by atoms with Crippen molar-refractivity contribution in [1.82, 2.24) is 0 Å². The van der Waals surface area contributed by atoms with Gasteiger partial charge in [-0.15, -0.1) is 0 Å². The van der Waals surface area contributed by atoms with E-state index in [1.807, 2.05) is 6.07 Å². The van der Waals surface area contributed by atoms with Crippen molar-refractivity contribution in [3.8, 4) is 0 Å². The van der Waals surface area contributed by atoms with Crippen molar-refractivity contribution >= 4 is 17.3 Å². The molecule has 5 N–H and O–H groups in total. The molecule has 0 aliphatic heterocycles. The minimum atomic E-state index is -0.402. The van der Waals surface area contributed by atoms with Gasteiger partial charge >= 0.3 is 0 Å². The van der Waals surface area contributed by atoms with E-state index in [0.717, 1.165) is 17.5 Å². The first-order valence-corrected chi connectivity index (χ1v) is 6.59. The van der Waals surface area contributed by atoms with Gasteiger partial charge in [0.2, 0.25) is 0 Å². The van der Waals surface area contributed by atoms with Crippen LogP contribution in [0, 0.1) is 11.8 Å². The number of benzene rings is 1. The van der Waals surface area contributed by atoms with Crippen molar-refractivity contribution in [3.63, 3.8) is 0 Å². The number of nitrogens with one attached hydrogen (secondary N) is 1. The molecule has 0 spiro atoms. The number of carbonyl (C=O) groups is 1. The monoisotopic (exact) mass is 245 g/mol. The topological polar surface area (TPSA) is 81.1 Å². The number of nitrogen functional groups attached to an aromatic ring is 1. The quantitative estimate of drug-likeness (QED) is 0.712. The number of nitrogens with two attached hydrogens (primary N) is 2. The average Bonchev–Trinajstić information content (AvgIpc) is 2.90. The van der Waals surface area contributed by atoms with E-state index in [4.69, 9.17) is 11.5 Å². The lowest BCUT2D eigenvalue weighted by Gasteiger charge is -2.25.